The summed E-state index contributed by atoms with van der Waals surface area (Å²) in [5, 5.41) is 11.9. The van der Waals surface area contributed by atoms with E-state index < -0.39 is 5.97 Å². The highest BCUT2D eigenvalue weighted by Crippen LogP contribution is 2.01. The molecular weight excluding hydrogens is 180 g/mol. The molecular formula is C10H10N2O2. The molecule has 1 rings (SSSR count). The second-order valence-corrected chi connectivity index (χ2v) is 2.55. The van der Waals surface area contributed by atoms with Gasteiger partial charge in [0.2, 0.25) is 0 Å². The van der Waals surface area contributed by atoms with Crippen molar-refractivity contribution in [3.05, 3.63) is 48.0 Å². The highest BCUT2D eigenvalue weighted by molar-refractivity contribution is 6.10. The molecule has 0 aliphatic carbocycles. The topological polar surface area (TPSA) is 75.7 Å². The number of hydrazone groups is 1. The van der Waals surface area contributed by atoms with E-state index in [0.29, 0.717) is 5.71 Å². The average Bonchev–Trinajstić information content (AvgIpc) is 2.20. The van der Waals surface area contributed by atoms with Gasteiger partial charge in [-0.15, -0.1) is 0 Å². The normalized spacial score (nSPS) is 11.9. The van der Waals surface area contributed by atoms with Gasteiger partial charge in [-0.05, 0) is 6.08 Å². The molecule has 0 amide bonds. The molecule has 1 aromatic carbocycles. The summed E-state index contributed by atoms with van der Waals surface area (Å²) in [7, 11) is 0. The van der Waals surface area contributed by atoms with Crippen LogP contribution in [0, 0.1) is 0 Å². The Kier molecular flexibility index (Phi) is 3.43. The van der Waals surface area contributed by atoms with Gasteiger partial charge in [0, 0.05) is 11.6 Å². The maximum atomic E-state index is 10.3. The number of benzene rings is 1. The van der Waals surface area contributed by atoms with Crippen LogP contribution in [0.4, 0.5) is 0 Å². The van der Waals surface area contributed by atoms with Crippen LogP contribution in [-0.4, -0.2) is 16.8 Å². The first kappa shape index (κ1) is 9.98. The van der Waals surface area contributed by atoms with Gasteiger partial charge in [0.1, 0.15) is 0 Å². The van der Waals surface area contributed by atoms with E-state index >= 15 is 0 Å². The van der Waals surface area contributed by atoms with Gasteiger partial charge in [-0.3, -0.25) is 0 Å². The smallest absolute Gasteiger partial charge is 0.328 e. The molecule has 0 heterocycles. The standard InChI is InChI=1S/C10H10N2O2/c11-12-9(6-7-10(13)14)8-4-2-1-3-5-8/h1-7H,11H2,(H,13,14)/b7-6+,12-9-. The lowest BCUT2D eigenvalue weighted by molar-refractivity contribution is -0.131. The maximum absolute atomic E-state index is 10.3. The van der Waals surface area contributed by atoms with Crippen LogP contribution in [0.25, 0.3) is 0 Å². The van der Waals surface area contributed by atoms with E-state index in [2.05, 4.69) is 5.10 Å². The molecule has 4 heteroatoms. The van der Waals surface area contributed by atoms with Crippen molar-refractivity contribution in [2.24, 2.45) is 10.9 Å². The lowest BCUT2D eigenvalue weighted by Crippen LogP contribution is -2.01. The zero-order chi connectivity index (χ0) is 10.4. The summed E-state index contributed by atoms with van der Waals surface area (Å²) in [6.07, 6.45) is 2.36. The third kappa shape index (κ3) is 2.75. The van der Waals surface area contributed by atoms with Gasteiger partial charge in [0.25, 0.3) is 0 Å². The Bertz CT molecular complexity index is 369. The van der Waals surface area contributed by atoms with Crippen LogP contribution in [0.2, 0.25) is 0 Å². The molecule has 0 aromatic heterocycles. The lowest BCUT2D eigenvalue weighted by Gasteiger charge is -1.97. The predicted octanol–water partition coefficient (Wildman–Crippen LogP) is 0.990. The zero-order valence-electron chi connectivity index (χ0n) is 7.42. The van der Waals surface area contributed by atoms with Gasteiger partial charge in [0.05, 0.1) is 5.71 Å². The molecule has 0 radical (unpaired) electrons. The van der Waals surface area contributed by atoms with E-state index in [1.165, 1.54) is 6.08 Å². The highest BCUT2D eigenvalue weighted by Gasteiger charge is 1.98. The van der Waals surface area contributed by atoms with Gasteiger partial charge < -0.3 is 10.9 Å². The second-order valence-electron chi connectivity index (χ2n) is 2.55. The summed E-state index contributed by atoms with van der Waals surface area (Å²) in [5.74, 6) is 4.11. The molecule has 3 N–H and O–H groups in total. The van der Waals surface area contributed by atoms with E-state index in [9.17, 15) is 4.79 Å². The molecule has 1 aromatic rings. The van der Waals surface area contributed by atoms with E-state index in [-0.39, 0.29) is 0 Å². The van der Waals surface area contributed by atoms with Crippen molar-refractivity contribution in [1.29, 1.82) is 0 Å². The van der Waals surface area contributed by atoms with Crippen molar-refractivity contribution >= 4 is 11.7 Å². The zero-order valence-corrected chi connectivity index (χ0v) is 7.42. The third-order valence-corrected chi connectivity index (χ3v) is 1.59. The summed E-state index contributed by atoms with van der Waals surface area (Å²) in [6.45, 7) is 0. The van der Waals surface area contributed by atoms with Crippen molar-refractivity contribution in [2.45, 2.75) is 0 Å². The molecule has 0 fully saturated rings. The Balaban J connectivity index is 2.90. The Labute approximate surface area is 81.4 Å². The molecule has 0 bridgehead atoms. The number of allylic oxidation sites excluding steroid dienone is 1. The van der Waals surface area contributed by atoms with Crippen LogP contribution in [0.1, 0.15) is 5.56 Å². The molecule has 0 unspecified atom stereocenters. The summed E-state index contributed by atoms with van der Waals surface area (Å²) in [6, 6.07) is 9.12. The number of aliphatic carboxylic acids is 1. The van der Waals surface area contributed by atoms with E-state index in [4.69, 9.17) is 10.9 Å². The number of hydrogen-bond acceptors (Lipinski definition) is 3. The number of carboxylic acids is 1. The first-order valence-electron chi connectivity index (χ1n) is 3.98. The highest BCUT2D eigenvalue weighted by atomic mass is 16.4. The molecule has 14 heavy (non-hydrogen) atoms. The Morgan fingerprint density at radius 2 is 1.93 bits per heavy atom. The summed E-state index contributed by atoms with van der Waals surface area (Å²) < 4.78 is 0. The molecule has 0 aliphatic heterocycles. The number of nitrogens with two attached hydrogens (primary N) is 1. The van der Waals surface area contributed by atoms with E-state index in [1.54, 1.807) is 12.1 Å². The van der Waals surface area contributed by atoms with Gasteiger partial charge in [0.15, 0.2) is 0 Å². The van der Waals surface area contributed by atoms with Crippen molar-refractivity contribution < 1.29 is 9.90 Å². The van der Waals surface area contributed by atoms with Gasteiger partial charge in [-0.25, -0.2) is 4.79 Å². The molecule has 0 aliphatic rings. The van der Waals surface area contributed by atoms with Gasteiger partial charge >= 0.3 is 5.97 Å². The maximum Gasteiger partial charge on any atom is 0.328 e. The number of hydrogen-bond donors (Lipinski definition) is 2. The molecule has 0 spiro atoms. The first-order valence-corrected chi connectivity index (χ1v) is 3.98. The van der Waals surface area contributed by atoms with Crippen LogP contribution in [0.15, 0.2) is 47.6 Å². The van der Waals surface area contributed by atoms with Gasteiger partial charge in [-0.1, -0.05) is 30.3 Å². The number of nitrogens with zero attached hydrogens (tertiary/aromatic N) is 1. The Hall–Kier alpha value is -2.10. The third-order valence-electron chi connectivity index (χ3n) is 1.59. The molecule has 72 valence electrons. The minimum absolute atomic E-state index is 0.438. The monoisotopic (exact) mass is 190 g/mol. The molecule has 0 atom stereocenters. The van der Waals surface area contributed by atoms with E-state index in [0.717, 1.165) is 11.6 Å². The fourth-order valence-corrected chi connectivity index (χ4v) is 0.973. The fraction of sp³-hybridized carbons (Fsp3) is 0. The van der Waals surface area contributed by atoms with Crippen molar-refractivity contribution in [3.8, 4) is 0 Å². The second kappa shape index (κ2) is 4.81. The summed E-state index contributed by atoms with van der Waals surface area (Å²) in [4.78, 5) is 10.3. The average molecular weight is 190 g/mol. The van der Waals surface area contributed by atoms with Crippen molar-refractivity contribution in [3.63, 3.8) is 0 Å². The van der Waals surface area contributed by atoms with Crippen LogP contribution in [0.3, 0.4) is 0 Å². The van der Waals surface area contributed by atoms with Crippen LogP contribution < -0.4 is 5.84 Å². The number of rotatable bonds is 3. The van der Waals surface area contributed by atoms with Crippen molar-refractivity contribution in [2.75, 3.05) is 0 Å². The van der Waals surface area contributed by atoms with Crippen LogP contribution in [0.5, 0.6) is 0 Å². The lowest BCUT2D eigenvalue weighted by atomic mass is 10.1. The summed E-state index contributed by atoms with van der Waals surface area (Å²) >= 11 is 0. The van der Waals surface area contributed by atoms with Crippen LogP contribution in [-0.2, 0) is 4.79 Å². The first-order chi connectivity index (χ1) is 6.74. The van der Waals surface area contributed by atoms with Crippen LogP contribution >= 0.6 is 0 Å². The Morgan fingerprint density at radius 1 is 1.29 bits per heavy atom. The number of carboxylic acid groups (broad SMARTS) is 1. The molecule has 0 saturated carbocycles. The number of carbonyl (C=O) groups is 1. The minimum Gasteiger partial charge on any atom is -0.478 e. The summed E-state index contributed by atoms with van der Waals surface area (Å²) in [5.41, 5.74) is 1.22. The van der Waals surface area contributed by atoms with E-state index in [1.807, 2.05) is 18.2 Å². The van der Waals surface area contributed by atoms with Crippen molar-refractivity contribution in [1.82, 2.24) is 0 Å². The Morgan fingerprint density at radius 3 is 2.43 bits per heavy atom. The largest absolute Gasteiger partial charge is 0.478 e. The minimum atomic E-state index is -1.03. The molecule has 0 saturated heterocycles. The quantitative estimate of drug-likeness (QED) is 0.323. The van der Waals surface area contributed by atoms with Gasteiger partial charge in [-0.2, -0.15) is 5.10 Å². The molecule has 4 nitrogen and oxygen atoms in total. The SMILES string of the molecule is N/N=C(/C=C/C(=O)O)c1ccccc1. The fourth-order valence-electron chi connectivity index (χ4n) is 0.973. The predicted molar refractivity (Wildman–Crippen MR) is 53.9 cm³/mol.